The molecule has 0 aromatic carbocycles. The third kappa shape index (κ3) is 1.82. The topological polar surface area (TPSA) is 69.6 Å². The minimum Gasteiger partial charge on any atom is -0.324 e. The average molecular weight is 229 g/mol. The number of fused-ring (bicyclic) bond motifs is 1. The lowest BCUT2D eigenvalue weighted by Gasteiger charge is -2.08. The van der Waals surface area contributed by atoms with E-state index in [1.807, 2.05) is 23.0 Å². The quantitative estimate of drug-likeness (QED) is 0.750. The Morgan fingerprint density at radius 3 is 3.12 bits per heavy atom. The minimum atomic E-state index is 0.109. The second-order valence-electron chi connectivity index (χ2n) is 4.39. The third-order valence-corrected chi connectivity index (χ3v) is 3.25. The van der Waals surface area contributed by atoms with Crippen LogP contribution in [0.3, 0.4) is 0 Å². The summed E-state index contributed by atoms with van der Waals surface area (Å²) in [5.74, 6) is 0.767. The molecule has 1 unspecified atom stereocenters. The Morgan fingerprint density at radius 2 is 2.29 bits per heavy atom. The van der Waals surface area contributed by atoms with Gasteiger partial charge in [-0.2, -0.15) is 10.2 Å². The lowest BCUT2D eigenvalue weighted by molar-refractivity contribution is 0.611. The van der Waals surface area contributed by atoms with E-state index in [0.29, 0.717) is 0 Å². The highest BCUT2D eigenvalue weighted by Crippen LogP contribution is 2.27. The van der Waals surface area contributed by atoms with Crippen molar-refractivity contribution in [3.05, 3.63) is 35.8 Å². The summed E-state index contributed by atoms with van der Waals surface area (Å²) in [6.07, 6.45) is 7.93. The Bertz CT molecular complexity index is 505. The first-order valence-corrected chi connectivity index (χ1v) is 5.97. The van der Waals surface area contributed by atoms with E-state index in [1.54, 1.807) is 6.20 Å². The fourth-order valence-corrected chi connectivity index (χ4v) is 2.36. The molecule has 0 saturated heterocycles. The van der Waals surface area contributed by atoms with Crippen LogP contribution in [0.25, 0.3) is 5.82 Å². The molecule has 1 atom stereocenters. The van der Waals surface area contributed by atoms with Crippen LogP contribution in [0.5, 0.6) is 0 Å². The molecule has 0 radical (unpaired) electrons. The van der Waals surface area contributed by atoms with Gasteiger partial charge in [0.15, 0.2) is 5.82 Å². The summed E-state index contributed by atoms with van der Waals surface area (Å²) in [7, 11) is 0. The van der Waals surface area contributed by atoms with Crippen LogP contribution in [0.15, 0.2) is 24.5 Å². The van der Waals surface area contributed by atoms with Gasteiger partial charge in [0.2, 0.25) is 0 Å². The Kier molecular flexibility index (Phi) is 2.60. The van der Waals surface area contributed by atoms with Crippen molar-refractivity contribution < 1.29 is 0 Å². The van der Waals surface area contributed by atoms with Gasteiger partial charge in [-0.3, -0.25) is 0 Å². The summed E-state index contributed by atoms with van der Waals surface area (Å²) < 4.78 is 1.87. The lowest BCUT2D eigenvalue weighted by Crippen LogP contribution is -2.10. The normalized spacial score (nSPS) is 19.7. The van der Waals surface area contributed by atoms with Gasteiger partial charge >= 0.3 is 0 Å². The van der Waals surface area contributed by atoms with Gasteiger partial charge in [0, 0.05) is 17.8 Å². The Morgan fingerprint density at radius 1 is 1.35 bits per heavy atom. The zero-order valence-corrected chi connectivity index (χ0v) is 9.58. The van der Waals surface area contributed by atoms with Crippen molar-refractivity contribution in [3.63, 3.8) is 0 Å². The van der Waals surface area contributed by atoms with E-state index in [4.69, 9.17) is 5.73 Å². The van der Waals surface area contributed by atoms with Gasteiger partial charge in [-0.25, -0.2) is 4.68 Å². The maximum absolute atomic E-state index is 6.15. The second-order valence-corrected chi connectivity index (χ2v) is 4.39. The summed E-state index contributed by atoms with van der Waals surface area (Å²) in [6, 6.07) is 3.89. The van der Waals surface area contributed by atoms with Gasteiger partial charge in [-0.05, 0) is 31.4 Å². The monoisotopic (exact) mass is 229 g/mol. The molecule has 2 heterocycles. The molecule has 0 saturated carbocycles. The molecule has 2 aromatic heterocycles. The van der Waals surface area contributed by atoms with Crippen molar-refractivity contribution in [3.8, 4) is 5.82 Å². The molecule has 88 valence electrons. The van der Waals surface area contributed by atoms with Gasteiger partial charge in [0.1, 0.15) is 0 Å². The summed E-state index contributed by atoms with van der Waals surface area (Å²) >= 11 is 0. The lowest BCUT2D eigenvalue weighted by atomic mass is 10.1. The van der Waals surface area contributed by atoms with Crippen LogP contribution in [-0.4, -0.2) is 20.0 Å². The van der Waals surface area contributed by atoms with Gasteiger partial charge < -0.3 is 5.73 Å². The first-order valence-electron chi connectivity index (χ1n) is 5.97. The van der Waals surface area contributed by atoms with Crippen molar-refractivity contribution in [1.82, 2.24) is 20.0 Å². The van der Waals surface area contributed by atoms with Crippen LogP contribution in [0.4, 0.5) is 0 Å². The molecule has 0 fully saturated rings. The molecule has 1 aliphatic rings. The predicted molar refractivity (Wildman–Crippen MR) is 63.6 cm³/mol. The third-order valence-electron chi connectivity index (χ3n) is 3.25. The van der Waals surface area contributed by atoms with Crippen LogP contribution in [0, 0.1) is 0 Å². The second kappa shape index (κ2) is 4.25. The predicted octanol–water partition coefficient (Wildman–Crippen LogP) is 1.39. The van der Waals surface area contributed by atoms with Crippen molar-refractivity contribution in [1.29, 1.82) is 0 Å². The number of hydrogen-bond acceptors (Lipinski definition) is 4. The van der Waals surface area contributed by atoms with E-state index in [0.717, 1.165) is 30.6 Å². The molecular weight excluding hydrogens is 214 g/mol. The van der Waals surface area contributed by atoms with Crippen molar-refractivity contribution >= 4 is 0 Å². The van der Waals surface area contributed by atoms with E-state index in [1.165, 1.54) is 12.1 Å². The first-order chi connectivity index (χ1) is 8.36. The fourth-order valence-electron chi connectivity index (χ4n) is 2.36. The average Bonchev–Trinajstić information content (AvgIpc) is 2.71. The SMILES string of the molecule is NC1CCCCc2c1cnn2-c1cccnn1. The van der Waals surface area contributed by atoms with E-state index in [-0.39, 0.29) is 6.04 Å². The first kappa shape index (κ1) is 10.4. The standard InChI is InChI=1S/C12H15N5/c13-10-4-1-2-5-11-9(10)8-15-17(11)12-6-3-7-14-16-12/h3,6-8,10H,1-2,4-5,13H2. The van der Waals surface area contributed by atoms with E-state index in [9.17, 15) is 0 Å². The minimum absolute atomic E-state index is 0.109. The highest BCUT2D eigenvalue weighted by Gasteiger charge is 2.20. The molecule has 0 spiro atoms. The fraction of sp³-hybridized carbons (Fsp3) is 0.417. The highest BCUT2D eigenvalue weighted by molar-refractivity contribution is 5.30. The van der Waals surface area contributed by atoms with Gasteiger partial charge in [-0.15, -0.1) is 5.10 Å². The Balaban J connectivity index is 2.08. The molecule has 0 amide bonds. The molecule has 3 rings (SSSR count). The zero-order chi connectivity index (χ0) is 11.7. The molecule has 2 aromatic rings. The maximum Gasteiger partial charge on any atom is 0.175 e. The van der Waals surface area contributed by atoms with Gasteiger partial charge in [-0.1, -0.05) is 6.42 Å². The summed E-state index contributed by atoms with van der Waals surface area (Å²) in [6.45, 7) is 0. The van der Waals surface area contributed by atoms with Gasteiger partial charge in [0.05, 0.1) is 11.9 Å². The number of aromatic nitrogens is 4. The van der Waals surface area contributed by atoms with Crippen LogP contribution >= 0.6 is 0 Å². The molecule has 0 aliphatic heterocycles. The Labute approximate surface area is 99.7 Å². The van der Waals surface area contributed by atoms with E-state index < -0.39 is 0 Å². The summed E-state index contributed by atoms with van der Waals surface area (Å²) in [5.41, 5.74) is 8.50. The number of nitrogens with zero attached hydrogens (tertiary/aromatic N) is 4. The number of rotatable bonds is 1. The molecule has 5 nitrogen and oxygen atoms in total. The number of nitrogens with two attached hydrogens (primary N) is 1. The molecule has 1 aliphatic carbocycles. The highest BCUT2D eigenvalue weighted by atomic mass is 15.3. The van der Waals surface area contributed by atoms with Crippen LogP contribution in [0.2, 0.25) is 0 Å². The molecule has 2 N–H and O–H groups in total. The van der Waals surface area contributed by atoms with Gasteiger partial charge in [0.25, 0.3) is 0 Å². The molecule has 0 bridgehead atoms. The number of hydrogen-bond donors (Lipinski definition) is 1. The largest absolute Gasteiger partial charge is 0.324 e. The van der Waals surface area contributed by atoms with E-state index >= 15 is 0 Å². The maximum atomic E-state index is 6.15. The van der Waals surface area contributed by atoms with E-state index in [2.05, 4.69) is 15.3 Å². The van der Waals surface area contributed by atoms with Crippen LogP contribution < -0.4 is 5.73 Å². The smallest absolute Gasteiger partial charge is 0.175 e. The van der Waals surface area contributed by atoms with Crippen molar-refractivity contribution in [2.75, 3.05) is 0 Å². The Hall–Kier alpha value is -1.75. The summed E-state index contributed by atoms with van der Waals surface area (Å²) in [5, 5.41) is 12.4. The summed E-state index contributed by atoms with van der Waals surface area (Å²) in [4.78, 5) is 0. The molecular formula is C12H15N5. The van der Waals surface area contributed by atoms with Crippen molar-refractivity contribution in [2.24, 2.45) is 5.73 Å². The van der Waals surface area contributed by atoms with Crippen molar-refractivity contribution in [2.45, 2.75) is 31.7 Å². The van der Waals surface area contributed by atoms with Crippen LogP contribution in [0.1, 0.15) is 36.6 Å². The molecule has 5 heteroatoms. The zero-order valence-electron chi connectivity index (χ0n) is 9.58. The molecule has 17 heavy (non-hydrogen) atoms. The van der Waals surface area contributed by atoms with Crippen LogP contribution in [-0.2, 0) is 6.42 Å².